The summed E-state index contributed by atoms with van der Waals surface area (Å²) in [6.07, 6.45) is 2.72. The van der Waals surface area contributed by atoms with Crippen LogP contribution in [-0.2, 0) is 6.54 Å². The Bertz CT molecular complexity index is 554. The Labute approximate surface area is 102 Å². The van der Waals surface area contributed by atoms with Gasteiger partial charge in [0, 0.05) is 34.7 Å². The van der Waals surface area contributed by atoms with Crippen molar-refractivity contribution in [1.29, 1.82) is 5.26 Å². The van der Waals surface area contributed by atoms with E-state index in [1.807, 2.05) is 24.4 Å². The molecule has 3 nitrogen and oxygen atoms in total. The number of aliphatic hydroxyl groups excluding tert-OH is 1. The molecule has 0 saturated carbocycles. The molecular formula is C12H11BrN2O. The van der Waals surface area contributed by atoms with Gasteiger partial charge in [-0.25, -0.2) is 0 Å². The summed E-state index contributed by atoms with van der Waals surface area (Å²) in [5, 5.41) is 18.7. The lowest BCUT2D eigenvalue weighted by Gasteiger charge is -2.03. The van der Waals surface area contributed by atoms with Crippen molar-refractivity contribution in [3.8, 4) is 6.07 Å². The first-order valence-corrected chi connectivity index (χ1v) is 5.85. The van der Waals surface area contributed by atoms with Gasteiger partial charge in [0.2, 0.25) is 0 Å². The molecule has 1 aromatic heterocycles. The second kappa shape index (κ2) is 4.69. The van der Waals surface area contributed by atoms with Gasteiger partial charge in [0.1, 0.15) is 0 Å². The SMILES string of the molecule is N#Cc1ccc2c(c1)c(Br)cn2CCCO. The van der Waals surface area contributed by atoms with E-state index in [1.54, 1.807) is 0 Å². The topological polar surface area (TPSA) is 49.0 Å². The highest BCUT2D eigenvalue weighted by Crippen LogP contribution is 2.27. The molecule has 0 aliphatic carbocycles. The van der Waals surface area contributed by atoms with Crippen molar-refractivity contribution in [2.45, 2.75) is 13.0 Å². The summed E-state index contributed by atoms with van der Waals surface area (Å²) in [6.45, 7) is 0.970. The second-order valence-corrected chi connectivity index (χ2v) is 4.45. The van der Waals surface area contributed by atoms with Gasteiger partial charge in [0.05, 0.1) is 11.6 Å². The van der Waals surface area contributed by atoms with Gasteiger partial charge in [0.25, 0.3) is 0 Å². The van der Waals surface area contributed by atoms with E-state index in [0.717, 1.165) is 28.3 Å². The van der Waals surface area contributed by atoms with Crippen LogP contribution < -0.4 is 0 Å². The zero-order chi connectivity index (χ0) is 11.5. The molecule has 1 heterocycles. The van der Waals surface area contributed by atoms with Crippen LogP contribution in [0.5, 0.6) is 0 Å². The van der Waals surface area contributed by atoms with Crippen LogP contribution in [-0.4, -0.2) is 16.3 Å². The normalized spacial score (nSPS) is 10.6. The van der Waals surface area contributed by atoms with E-state index in [-0.39, 0.29) is 6.61 Å². The highest BCUT2D eigenvalue weighted by Gasteiger charge is 2.06. The zero-order valence-corrected chi connectivity index (χ0v) is 10.2. The monoisotopic (exact) mass is 278 g/mol. The van der Waals surface area contributed by atoms with Gasteiger partial charge in [-0.3, -0.25) is 0 Å². The van der Waals surface area contributed by atoms with E-state index >= 15 is 0 Å². The Morgan fingerprint density at radius 2 is 2.25 bits per heavy atom. The minimum absolute atomic E-state index is 0.188. The molecule has 1 aromatic carbocycles. The van der Waals surface area contributed by atoms with E-state index in [1.165, 1.54) is 0 Å². The smallest absolute Gasteiger partial charge is 0.0991 e. The predicted octanol–water partition coefficient (Wildman–Crippen LogP) is 2.66. The predicted molar refractivity (Wildman–Crippen MR) is 66.1 cm³/mol. The first-order chi connectivity index (χ1) is 7.76. The fourth-order valence-electron chi connectivity index (χ4n) is 1.75. The molecule has 0 unspecified atom stereocenters. The molecule has 0 fully saturated rings. The zero-order valence-electron chi connectivity index (χ0n) is 8.65. The third-order valence-corrected chi connectivity index (χ3v) is 3.15. The van der Waals surface area contributed by atoms with Gasteiger partial charge in [-0.1, -0.05) is 0 Å². The quantitative estimate of drug-likeness (QED) is 0.939. The number of rotatable bonds is 3. The average Bonchev–Trinajstić information content (AvgIpc) is 2.63. The lowest BCUT2D eigenvalue weighted by Crippen LogP contribution is -1.97. The Hall–Kier alpha value is -1.31. The summed E-state index contributed by atoms with van der Waals surface area (Å²) in [5.74, 6) is 0. The van der Waals surface area contributed by atoms with Crippen molar-refractivity contribution in [3.63, 3.8) is 0 Å². The van der Waals surface area contributed by atoms with Crippen LogP contribution in [0, 0.1) is 11.3 Å². The molecule has 16 heavy (non-hydrogen) atoms. The van der Waals surface area contributed by atoms with Crippen LogP contribution >= 0.6 is 15.9 Å². The van der Waals surface area contributed by atoms with Gasteiger partial charge in [-0.15, -0.1) is 0 Å². The fourth-order valence-corrected chi connectivity index (χ4v) is 2.31. The molecule has 4 heteroatoms. The van der Waals surface area contributed by atoms with Crippen LogP contribution in [0.3, 0.4) is 0 Å². The third kappa shape index (κ3) is 1.97. The molecule has 0 amide bonds. The average molecular weight is 279 g/mol. The van der Waals surface area contributed by atoms with E-state index in [0.29, 0.717) is 5.56 Å². The first-order valence-electron chi connectivity index (χ1n) is 5.05. The largest absolute Gasteiger partial charge is 0.396 e. The molecule has 82 valence electrons. The summed E-state index contributed by atoms with van der Waals surface area (Å²) >= 11 is 3.48. The summed E-state index contributed by atoms with van der Waals surface area (Å²) in [6, 6.07) is 7.75. The molecule has 0 atom stereocenters. The number of aryl methyl sites for hydroxylation is 1. The molecule has 0 radical (unpaired) electrons. The lowest BCUT2D eigenvalue weighted by atomic mass is 10.2. The van der Waals surface area contributed by atoms with Crippen molar-refractivity contribution < 1.29 is 5.11 Å². The standard InChI is InChI=1S/C12H11BrN2O/c13-11-8-15(4-1-5-16)12-3-2-9(7-14)6-10(11)12/h2-3,6,8,16H,1,4-5H2. The number of aromatic nitrogens is 1. The molecule has 0 aliphatic heterocycles. The van der Waals surface area contributed by atoms with Gasteiger partial charge < -0.3 is 9.67 Å². The van der Waals surface area contributed by atoms with Crippen molar-refractivity contribution in [2.75, 3.05) is 6.61 Å². The number of hydrogen-bond donors (Lipinski definition) is 1. The van der Waals surface area contributed by atoms with Crippen LogP contribution in [0.4, 0.5) is 0 Å². The second-order valence-electron chi connectivity index (χ2n) is 3.59. The Balaban J connectivity index is 2.50. The Morgan fingerprint density at radius 1 is 1.44 bits per heavy atom. The number of aliphatic hydroxyl groups is 1. The minimum atomic E-state index is 0.188. The van der Waals surface area contributed by atoms with E-state index in [9.17, 15) is 0 Å². The van der Waals surface area contributed by atoms with E-state index in [4.69, 9.17) is 10.4 Å². The molecule has 0 bridgehead atoms. The maximum Gasteiger partial charge on any atom is 0.0991 e. The number of hydrogen-bond acceptors (Lipinski definition) is 2. The molecular weight excluding hydrogens is 268 g/mol. The van der Waals surface area contributed by atoms with Crippen LogP contribution in [0.1, 0.15) is 12.0 Å². The van der Waals surface area contributed by atoms with Crippen molar-refractivity contribution in [2.24, 2.45) is 0 Å². The Morgan fingerprint density at radius 3 is 2.94 bits per heavy atom. The summed E-state index contributed by atoms with van der Waals surface area (Å²) in [7, 11) is 0. The van der Waals surface area contributed by atoms with Crippen LogP contribution in [0.2, 0.25) is 0 Å². The number of nitrogens with zero attached hydrogens (tertiary/aromatic N) is 2. The van der Waals surface area contributed by atoms with Crippen LogP contribution in [0.15, 0.2) is 28.9 Å². The van der Waals surface area contributed by atoms with Gasteiger partial charge in [-0.05, 0) is 40.5 Å². The number of fused-ring (bicyclic) bond motifs is 1. The number of nitriles is 1. The van der Waals surface area contributed by atoms with Gasteiger partial charge in [-0.2, -0.15) is 5.26 Å². The maximum absolute atomic E-state index is 8.83. The molecule has 2 rings (SSSR count). The van der Waals surface area contributed by atoms with Crippen LogP contribution in [0.25, 0.3) is 10.9 Å². The van der Waals surface area contributed by atoms with Crippen molar-refractivity contribution in [3.05, 3.63) is 34.4 Å². The first kappa shape index (κ1) is 11.2. The van der Waals surface area contributed by atoms with E-state index in [2.05, 4.69) is 26.6 Å². The number of benzene rings is 1. The molecule has 1 N–H and O–H groups in total. The fraction of sp³-hybridized carbons (Fsp3) is 0.250. The molecule has 0 aliphatic rings. The lowest BCUT2D eigenvalue weighted by molar-refractivity contribution is 0.280. The summed E-state index contributed by atoms with van der Waals surface area (Å²) < 4.78 is 3.06. The summed E-state index contributed by atoms with van der Waals surface area (Å²) in [4.78, 5) is 0. The minimum Gasteiger partial charge on any atom is -0.396 e. The molecule has 0 saturated heterocycles. The Kier molecular flexibility index (Phi) is 3.28. The van der Waals surface area contributed by atoms with Gasteiger partial charge in [0.15, 0.2) is 0 Å². The molecule has 0 spiro atoms. The number of halogens is 1. The van der Waals surface area contributed by atoms with Crippen molar-refractivity contribution in [1.82, 2.24) is 4.57 Å². The van der Waals surface area contributed by atoms with Gasteiger partial charge >= 0.3 is 0 Å². The summed E-state index contributed by atoms with van der Waals surface area (Å²) in [5.41, 5.74) is 1.74. The highest BCUT2D eigenvalue weighted by molar-refractivity contribution is 9.10. The highest BCUT2D eigenvalue weighted by atomic mass is 79.9. The maximum atomic E-state index is 8.83. The van der Waals surface area contributed by atoms with E-state index < -0.39 is 0 Å². The third-order valence-electron chi connectivity index (χ3n) is 2.52. The van der Waals surface area contributed by atoms with Crippen molar-refractivity contribution >= 4 is 26.8 Å². The molecule has 2 aromatic rings.